The van der Waals surface area contributed by atoms with Gasteiger partial charge in [0, 0.05) is 6.20 Å². The largest absolute Gasteiger partial charge is 0.197 e. The summed E-state index contributed by atoms with van der Waals surface area (Å²) in [5.74, 6) is -0.343. The molecule has 17 heavy (non-hydrogen) atoms. The Morgan fingerprint density at radius 1 is 1.24 bits per heavy atom. The molecule has 0 radical (unpaired) electrons. The molecule has 1 aromatic heterocycles. The number of aromatic nitrogens is 2. The van der Waals surface area contributed by atoms with Crippen molar-refractivity contribution >= 4 is 0 Å². The highest BCUT2D eigenvalue weighted by atomic mass is 15.1. The highest BCUT2D eigenvalue weighted by Gasteiger charge is 2.16. The molecule has 1 aromatic carbocycles. The van der Waals surface area contributed by atoms with Crippen molar-refractivity contribution < 1.29 is 0 Å². The maximum absolute atomic E-state index is 9.31. The summed E-state index contributed by atoms with van der Waals surface area (Å²) in [6.45, 7) is 4.06. The maximum Gasteiger partial charge on any atom is 0.115 e. The van der Waals surface area contributed by atoms with E-state index in [1.54, 1.807) is 12.3 Å². The highest BCUT2D eigenvalue weighted by Crippen LogP contribution is 2.25. The first-order chi connectivity index (χ1) is 8.22. The Bertz CT molecular complexity index is 555. The first-order valence-electron chi connectivity index (χ1n) is 5.46. The zero-order valence-corrected chi connectivity index (χ0v) is 9.88. The zero-order chi connectivity index (χ0) is 12.3. The van der Waals surface area contributed by atoms with Crippen LogP contribution in [0.15, 0.2) is 36.5 Å². The fraction of sp³-hybridized carbons (Fsp3) is 0.214. The van der Waals surface area contributed by atoms with Gasteiger partial charge in [-0.2, -0.15) is 15.5 Å². The number of nitriles is 1. The van der Waals surface area contributed by atoms with Crippen molar-refractivity contribution in [3.05, 3.63) is 58.9 Å². The second-order valence-corrected chi connectivity index (χ2v) is 4.07. The molecule has 0 bridgehead atoms. The molecule has 3 heteroatoms. The monoisotopic (exact) mass is 223 g/mol. The van der Waals surface area contributed by atoms with Gasteiger partial charge in [-0.15, -0.1) is 0 Å². The van der Waals surface area contributed by atoms with Gasteiger partial charge in [-0.05, 0) is 37.1 Å². The van der Waals surface area contributed by atoms with Crippen molar-refractivity contribution in [1.29, 1.82) is 5.26 Å². The number of nitrogens with zero attached hydrogens (tertiary/aromatic N) is 3. The second kappa shape index (κ2) is 4.75. The van der Waals surface area contributed by atoms with Crippen molar-refractivity contribution in [2.75, 3.05) is 0 Å². The molecule has 0 aliphatic heterocycles. The van der Waals surface area contributed by atoms with Gasteiger partial charge in [-0.1, -0.05) is 23.8 Å². The number of aryl methyl sites for hydroxylation is 2. The van der Waals surface area contributed by atoms with Crippen molar-refractivity contribution in [1.82, 2.24) is 10.2 Å². The molecule has 0 saturated carbocycles. The van der Waals surface area contributed by atoms with Gasteiger partial charge in [0.15, 0.2) is 0 Å². The summed E-state index contributed by atoms with van der Waals surface area (Å²) in [6, 6.07) is 12.0. The maximum atomic E-state index is 9.31. The van der Waals surface area contributed by atoms with Crippen LogP contribution in [0.4, 0.5) is 0 Å². The highest BCUT2D eigenvalue weighted by molar-refractivity contribution is 5.40. The number of hydrogen-bond acceptors (Lipinski definition) is 3. The minimum absolute atomic E-state index is 0.343. The van der Waals surface area contributed by atoms with E-state index in [1.165, 1.54) is 5.56 Å². The van der Waals surface area contributed by atoms with Crippen LogP contribution in [0.25, 0.3) is 0 Å². The van der Waals surface area contributed by atoms with Crippen molar-refractivity contribution in [3.63, 3.8) is 0 Å². The topological polar surface area (TPSA) is 49.6 Å². The van der Waals surface area contributed by atoms with Crippen LogP contribution in [0.3, 0.4) is 0 Å². The molecule has 1 unspecified atom stereocenters. The van der Waals surface area contributed by atoms with Gasteiger partial charge >= 0.3 is 0 Å². The van der Waals surface area contributed by atoms with E-state index < -0.39 is 0 Å². The first-order valence-corrected chi connectivity index (χ1v) is 5.46. The summed E-state index contributed by atoms with van der Waals surface area (Å²) in [6.07, 6.45) is 1.61. The van der Waals surface area contributed by atoms with Gasteiger partial charge < -0.3 is 0 Å². The molecular weight excluding hydrogens is 210 g/mol. The molecule has 0 aliphatic rings. The summed E-state index contributed by atoms with van der Waals surface area (Å²) in [4.78, 5) is 0. The number of benzene rings is 1. The fourth-order valence-electron chi connectivity index (χ4n) is 1.91. The van der Waals surface area contributed by atoms with E-state index in [-0.39, 0.29) is 5.92 Å². The Balaban J connectivity index is 2.47. The quantitative estimate of drug-likeness (QED) is 0.786. The van der Waals surface area contributed by atoms with Crippen LogP contribution in [-0.2, 0) is 0 Å². The van der Waals surface area contributed by atoms with Crippen LogP contribution in [0.1, 0.15) is 28.3 Å². The molecule has 2 rings (SSSR count). The minimum Gasteiger partial charge on any atom is -0.197 e. The molecule has 84 valence electrons. The van der Waals surface area contributed by atoms with Gasteiger partial charge in [-0.25, -0.2) is 0 Å². The Kier molecular flexibility index (Phi) is 3.15. The van der Waals surface area contributed by atoms with Crippen LogP contribution >= 0.6 is 0 Å². The molecule has 3 nitrogen and oxygen atoms in total. The molecule has 0 N–H and O–H groups in total. The standard InChI is InChI=1S/C14H13N3/c1-10-5-6-12(11(2)8-10)13(9-15)14-4-3-7-16-17-14/h3-8,13H,1-2H3. The van der Waals surface area contributed by atoms with Crippen LogP contribution in [0.5, 0.6) is 0 Å². The lowest BCUT2D eigenvalue weighted by atomic mass is 9.92. The lowest BCUT2D eigenvalue weighted by Gasteiger charge is -2.11. The third kappa shape index (κ3) is 2.31. The number of hydrogen-bond donors (Lipinski definition) is 0. The lowest BCUT2D eigenvalue weighted by molar-refractivity contribution is 0.878. The predicted octanol–water partition coefficient (Wildman–Crippen LogP) is 2.75. The van der Waals surface area contributed by atoms with E-state index in [0.29, 0.717) is 5.69 Å². The van der Waals surface area contributed by atoms with Crippen molar-refractivity contribution in [2.24, 2.45) is 0 Å². The molecule has 0 aliphatic carbocycles. The Hall–Kier alpha value is -2.21. The van der Waals surface area contributed by atoms with Crippen LogP contribution in [0, 0.1) is 25.2 Å². The summed E-state index contributed by atoms with van der Waals surface area (Å²) >= 11 is 0. The predicted molar refractivity (Wildman–Crippen MR) is 65.4 cm³/mol. The van der Waals surface area contributed by atoms with Crippen molar-refractivity contribution in [3.8, 4) is 6.07 Å². The van der Waals surface area contributed by atoms with Gasteiger partial charge in [0.2, 0.25) is 0 Å². The van der Waals surface area contributed by atoms with Crippen LogP contribution in [-0.4, -0.2) is 10.2 Å². The number of rotatable bonds is 2. The molecule has 1 atom stereocenters. The van der Waals surface area contributed by atoms with E-state index >= 15 is 0 Å². The first kappa shape index (κ1) is 11.3. The van der Waals surface area contributed by atoms with Crippen LogP contribution < -0.4 is 0 Å². The van der Waals surface area contributed by atoms with E-state index in [9.17, 15) is 5.26 Å². The zero-order valence-electron chi connectivity index (χ0n) is 9.88. The normalized spacial score (nSPS) is 11.8. The summed E-state index contributed by atoms with van der Waals surface area (Å²) in [7, 11) is 0. The van der Waals surface area contributed by atoms with Gasteiger partial charge in [0.05, 0.1) is 11.8 Å². The van der Waals surface area contributed by atoms with Crippen LogP contribution in [0.2, 0.25) is 0 Å². The third-order valence-corrected chi connectivity index (χ3v) is 2.75. The molecule has 0 amide bonds. The summed E-state index contributed by atoms with van der Waals surface area (Å²) in [5.41, 5.74) is 4.00. The Morgan fingerprint density at radius 2 is 2.06 bits per heavy atom. The third-order valence-electron chi connectivity index (χ3n) is 2.75. The van der Waals surface area contributed by atoms with E-state index in [2.05, 4.69) is 22.3 Å². The van der Waals surface area contributed by atoms with Crippen molar-refractivity contribution in [2.45, 2.75) is 19.8 Å². The van der Waals surface area contributed by atoms with E-state index in [4.69, 9.17) is 0 Å². The smallest absolute Gasteiger partial charge is 0.115 e. The van der Waals surface area contributed by atoms with Gasteiger partial charge in [0.1, 0.15) is 5.92 Å². The van der Waals surface area contributed by atoms with E-state index in [0.717, 1.165) is 11.1 Å². The molecule has 0 saturated heterocycles. The Morgan fingerprint density at radius 3 is 2.65 bits per heavy atom. The molecule has 0 fully saturated rings. The van der Waals surface area contributed by atoms with E-state index in [1.807, 2.05) is 32.0 Å². The SMILES string of the molecule is Cc1ccc(C(C#N)c2cccnn2)c(C)c1. The molecule has 1 heterocycles. The Labute approximate surface area is 101 Å². The lowest BCUT2D eigenvalue weighted by Crippen LogP contribution is -2.04. The average molecular weight is 223 g/mol. The summed E-state index contributed by atoms with van der Waals surface area (Å²) < 4.78 is 0. The average Bonchev–Trinajstić information content (AvgIpc) is 2.34. The summed E-state index contributed by atoms with van der Waals surface area (Å²) in [5, 5.41) is 17.2. The molecular formula is C14H13N3. The minimum atomic E-state index is -0.343. The fourth-order valence-corrected chi connectivity index (χ4v) is 1.91. The molecule has 2 aromatic rings. The molecule has 0 spiro atoms. The second-order valence-electron chi connectivity index (χ2n) is 4.07. The van der Waals surface area contributed by atoms with Gasteiger partial charge in [-0.3, -0.25) is 0 Å². The van der Waals surface area contributed by atoms with Gasteiger partial charge in [0.25, 0.3) is 0 Å².